The number of nitrogens with one attached hydrogen (secondary N) is 1. The fourth-order valence-electron chi connectivity index (χ4n) is 2.51. The molecule has 0 bridgehead atoms. The predicted molar refractivity (Wildman–Crippen MR) is 109 cm³/mol. The van der Waals surface area contributed by atoms with Crippen molar-refractivity contribution in [3.05, 3.63) is 70.2 Å². The fourth-order valence-corrected chi connectivity index (χ4v) is 3.32. The molecule has 1 amide bonds. The molecule has 0 saturated heterocycles. The summed E-state index contributed by atoms with van der Waals surface area (Å²) in [5, 5.41) is 5.49. The summed E-state index contributed by atoms with van der Waals surface area (Å²) in [6, 6.07) is 15.1. The van der Waals surface area contributed by atoms with Crippen molar-refractivity contribution in [3.8, 4) is 17.2 Å². The Labute approximate surface area is 168 Å². The Balaban J connectivity index is 1.44. The van der Waals surface area contributed by atoms with Crippen molar-refractivity contribution in [1.82, 2.24) is 10.3 Å². The zero-order chi connectivity index (χ0) is 19.8. The maximum atomic E-state index is 12.2. The number of aromatic nitrogens is 1. The first-order chi connectivity index (χ1) is 13.7. The highest BCUT2D eigenvalue weighted by Crippen LogP contribution is 2.18. The van der Waals surface area contributed by atoms with Gasteiger partial charge in [0.25, 0.3) is 5.91 Å². The van der Waals surface area contributed by atoms with Crippen molar-refractivity contribution < 1.29 is 19.0 Å². The molecule has 0 aliphatic carbocycles. The van der Waals surface area contributed by atoms with Crippen LogP contribution >= 0.6 is 11.3 Å². The highest BCUT2D eigenvalue weighted by Gasteiger charge is 2.11. The predicted octanol–water partition coefficient (Wildman–Crippen LogP) is 3.56. The normalized spacial score (nSPS) is 10.4. The van der Waals surface area contributed by atoms with Gasteiger partial charge in [0.15, 0.2) is 0 Å². The van der Waals surface area contributed by atoms with Gasteiger partial charge in [-0.15, -0.1) is 11.3 Å². The smallest absolute Gasteiger partial charge is 0.270 e. The van der Waals surface area contributed by atoms with E-state index in [0.29, 0.717) is 25.3 Å². The van der Waals surface area contributed by atoms with Gasteiger partial charge in [0.1, 0.15) is 29.5 Å². The lowest BCUT2D eigenvalue weighted by molar-refractivity contribution is 0.0942. The minimum Gasteiger partial charge on any atom is -0.497 e. The molecular weight excluding hydrogens is 376 g/mol. The van der Waals surface area contributed by atoms with Crippen molar-refractivity contribution in [2.45, 2.75) is 6.42 Å². The van der Waals surface area contributed by atoms with Crippen LogP contribution in [0.1, 0.15) is 21.1 Å². The summed E-state index contributed by atoms with van der Waals surface area (Å²) in [6.07, 6.45) is 0.683. The second-order valence-corrected chi connectivity index (χ2v) is 6.87. The van der Waals surface area contributed by atoms with E-state index >= 15 is 0 Å². The zero-order valence-electron chi connectivity index (χ0n) is 15.8. The minimum atomic E-state index is -0.199. The van der Waals surface area contributed by atoms with Crippen LogP contribution in [0.3, 0.4) is 0 Å². The first kappa shape index (κ1) is 19.7. The molecule has 0 aliphatic heterocycles. The van der Waals surface area contributed by atoms with Crippen LogP contribution in [0.5, 0.6) is 17.2 Å². The molecule has 1 heterocycles. The van der Waals surface area contributed by atoms with Gasteiger partial charge < -0.3 is 19.5 Å². The third-order valence-electron chi connectivity index (χ3n) is 4.01. The summed E-state index contributed by atoms with van der Waals surface area (Å²) in [5.41, 5.74) is 1.55. The molecule has 0 radical (unpaired) electrons. The van der Waals surface area contributed by atoms with E-state index in [1.165, 1.54) is 11.3 Å². The number of carbonyl (C=O) groups is 1. The monoisotopic (exact) mass is 398 g/mol. The summed E-state index contributed by atoms with van der Waals surface area (Å²) < 4.78 is 15.9. The summed E-state index contributed by atoms with van der Waals surface area (Å²) in [6.45, 7) is 0.775. The second kappa shape index (κ2) is 9.75. The molecule has 3 rings (SSSR count). The number of amides is 1. The van der Waals surface area contributed by atoms with Crippen molar-refractivity contribution in [3.63, 3.8) is 0 Å². The molecule has 0 aliphatic rings. The first-order valence-corrected chi connectivity index (χ1v) is 9.68. The summed E-state index contributed by atoms with van der Waals surface area (Å²) in [7, 11) is 3.26. The standard InChI is InChI=1S/C21H22N2O4S/c1-25-16-5-3-15(4-6-16)13-20-23-19(14-28-20)21(24)22-11-12-27-18-9-7-17(26-2)8-10-18/h3-10,14H,11-13H2,1-2H3,(H,22,24). The topological polar surface area (TPSA) is 69.7 Å². The maximum Gasteiger partial charge on any atom is 0.270 e. The number of ether oxygens (including phenoxy) is 3. The van der Waals surface area contributed by atoms with E-state index in [0.717, 1.165) is 27.8 Å². The number of hydrogen-bond acceptors (Lipinski definition) is 6. The third-order valence-corrected chi connectivity index (χ3v) is 4.86. The molecule has 6 nitrogen and oxygen atoms in total. The van der Waals surface area contributed by atoms with E-state index < -0.39 is 0 Å². The first-order valence-electron chi connectivity index (χ1n) is 8.80. The highest BCUT2D eigenvalue weighted by atomic mass is 32.1. The largest absolute Gasteiger partial charge is 0.497 e. The van der Waals surface area contributed by atoms with E-state index in [9.17, 15) is 4.79 Å². The van der Waals surface area contributed by atoms with Gasteiger partial charge >= 0.3 is 0 Å². The Morgan fingerprint density at radius 2 is 1.57 bits per heavy atom. The highest BCUT2D eigenvalue weighted by molar-refractivity contribution is 7.09. The number of carbonyl (C=O) groups excluding carboxylic acids is 1. The molecule has 1 N–H and O–H groups in total. The molecule has 28 heavy (non-hydrogen) atoms. The Bertz CT molecular complexity index is 892. The van der Waals surface area contributed by atoms with E-state index in [-0.39, 0.29) is 5.91 Å². The lowest BCUT2D eigenvalue weighted by atomic mass is 10.1. The number of rotatable bonds is 9. The zero-order valence-corrected chi connectivity index (χ0v) is 16.6. The van der Waals surface area contributed by atoms with E-state index in [1.807, 2.05) is 48.5 Å². The Hall–Kier alpha value is -3.06. The fraction of sp³-hybridized carbons (Fsp3) is 0.238. The Morgan fingerprint density at radius 3 is 2.21 bits per heavy atom. The van der Waals surface area contributed by atoms with E-state index in [2.05, 4.69) is 10.3 Å². The van der Waals surface area contributed by atoms with Gasteiger partial charge in [-0.25, -0.2) is 4.98 Å². The van der Waals surface area contributed by atoms with Gasteiger partial charge in [-0.2, -0.15) is 0 Å². The summed E-state index contributed by atoms with van der Waals surface area (Å²) in [4.78, 5) is 16.7. The van der Waals surface area contributed by atoms with Crippen LogP contribution in [0.4, 0.5) is 0 Å². The van der Waals surface area contributed by atoms with Crippen molar-refractivity contribution in [2.75, 3.05) is 27.4 Å². The molecular formula is C21H22N2O4S. The lowest BCUT2D eigenvalue weighted by Gasteiger charge is -2.07. The van der Waals surface area contributed by atoms with Crippen molar-refractivity contribution in [1.29, 1.82) is 0 Å². The minimum absolute atomic E-state index is 0.199. The van der Waals surface area contributed by atoms with Gasteiger partial charge in [0.05, 0.1) is 25.8 Å². The Kier molecular flexibility index (Phi) is 6.86. The van der Waals surface area contributed by atoms with Crippen LogP contribution in [-0.2, 0) is 6.42 Å². The molecule has 1 aromatic heterocycles. The molecule has 0 saturated carbocycles. The molecule has 0 spiro atoms. The second-order valence-electron chi connectivity index (χ2n) is 5.93. The van der Waals surface area contributed by atoms with Crippen LogP contribution in [0.2, 0.25) is 0 Å². The van der Waals surface area contributed by atoms with Gasteiger partial charge in [0.2, 0.25) is 0 Å². The molecule has 146 valence electrons. The third kappa shape index (κ3) is 5.47. The van der Waals surface area contributed by atoms with Crippen LogP contribution in [-0.4, -0.2) is 38.3 Å². The van der Waals surface area contributed by atoms with Crippen molar-refractivity contribution in [2.24, 2.45) is 0 Å². The SMILES string of the molecule is COc1ccc(Cc2nc(C(=O)NCCOc3ccc(OC)cc3)cs2)cc1. The number of methoxy groups -OCH3 is 2. The molecule has 0 atom stereocenters. The van der Waals surface area contributed by atoms with Crippen LogP contribution in [0.25, 0.3) is 0 Å². The number of benzene rings is 2. The lowest BCUT2D eigenvalue weighted by Crippen LogP contribution is -2.28. The average molecular weight is 398 g/mol. The van der Waals surface area contributed by atoms with Crippen LogP contribution in [0.15, 0.2) is 53.9 Å². The van der Waals surface area contributed by atoms with Crippen LogP contribution in [0, 0.1) is 0 Å². The molecule has 3 aromatic rings. The van der Waals surface area contributed by atoms with E-state index in [1.54, 1.807) is 19.6 Å². The van der Waals surface area contributed by atoms with E-state index in [4.69, 9.17) is 14.2 Å². The molecule has 7 heteroatoms. The summed E-state index contributed by atoms with van der Waals surface area (Å²) >= 11 is 1.48. The average Bonchev–Trinajstić information content (AvgIpc) is 3.20. The number of nitrogens with zero attached hydrogens (tertiary/aromatic N) is 1. The number of thiazole rings is 1. The maximum absolute atomic E-state index is 12.2. The van der Waals surface area contributed by atoms with Gasteiger partial charge in [0, 0.05) is 11.8 Å². The molecule has 0 fully saturated rings. The number of hydrogen-bond donors (Lipinski definition) is 1. The van der Waals surface area contributed by atoms with Crippen LogP contribution < -0.4 is 19.5 Å². The van der Waals surface area contributed by atoms with Gasteiger partial charge in [-0.05, 0) is 42.0 Å². The molecule has 2 aromatic carbocycles. The van der Waals surface area contributed by atoms with Gasteiger partial charge in [-0.3, -0.25) is 4.79 Å². The summed E-state index contributed by atoms with van der Waals surface area (Å²) in [5.74, 6) is 2.12. The molecule has 0 unspecified atom stereocenters. The van der Waals surface area contributed by atoms with Crippen molar-refractivity contribution >= 4 is 17.2 Å². The van der Waals surface area contributed by atoms with Gasteiger partial charge in [-0.1, -0.05) is 12.1 Å². The quantitative estimate of drug-likeness (QED) is 0.558. The Morgan fingerprint density at radius 1 is 0.964 bits per heavy atom.